The molecule has 0 aromatic heterocycles. The Kier molecular flexibility index (Phi) is 8.30. The van der Waals surface area contributed by atoms with Gasteiger partial charge in [0.2, 0.25) is 5.91 Å². The van der Waals surface area contributed by atoms with E-state index in [1.807, 2.05) is 0 Å². The number of rotatable bonds is 8. The second-order valence-electron chi connectivity index (χ2n) is 4.81. The highest BCUT2D eigenvalue weighted by molar-refractivity contribution is 5.87. The van der Waals surface area contributed by atoms with Crippen molar-refractivity contribution >= 4 is 17.8 Å². The molecule has 9 nitrogen and oxygen atoms in total. The van der Waals surface area contributed by atoms with E-state index in [-0.39, 0.29) is 30.5 Å². The van der Waals surface area contributed by atoms with Gasteiger partial charge in [0, 0.05) is 6.42 Å². The highest BCUT2D eigenvalue weighted by atomic mass is 16.4. The second kappa shape index (κ2) is 9.38. The van der Waals surface area contributed by atoms with Crippen LogP contribution in [0.1, 0.15) is 18.4 Å². The van der Waals surface area contributed by atoms with Gasteiger partial charge in [-0.1, -0.05) is 12.1 Å². The van der Waals surface area contributed by atoms with E-state index < -0.39 is 29.9 Å². The van der Waals surface area contributed by atoms with E-state index in [0.717, 1.165) is 0 Å². The van der Waals surface area contributed by atoms with Crippen LogP contribution in [0.2, 0.25) is 0 Å². The normalized spacial score (nSPS) is 12.6. The average Bonchev–Trinajstić information content (AvgIpc) is 2.44. The molecule has 1 aromatic rings. The summed E-state index contributed by atoms with van der Waals surface area (Å²) < 4.78 is 0. The van der Waals surface area contributed by atoms with E-state index in [0.29, 0.717) is 5.56 Å². The topological polar surface area (TPSA) is 181 Å². The molecule has 0 heterocycles. The van der Waals surface area contributed by atoms with Gasteiger partial charge in [-0.25, -0.2) is 4.79 Å². The Morgan fingerprint density at radius 2 is 1.70 bits per heavy atom. The summed E-state index contributed by atoms with van der Waals surface area (Å²) in [5.41, 5.74) is 6.41. The summed E-state index contributed by atoms with van der Waals surface area (Å²) in [6, 6.07) is 3.83. The standard InChI is InChI=1S/C14H18N2O6.H2O/c15-10(7-8-1-3-9(17)4-2-8)13(20)16-11(14(21)22)5-6-12(18)19;/h1-4,10-11,17H,5-7,15H2,(H,16,20)(H,18,19)(H,21,22);1H2. The Bertz CT molecular complexity index is 545. The van der Waals surface area contributed by atoms with Crippen molar-refractivity contribution in [1.29, 1.82) is 0 Å². The van der Waals surface area contributed by atoms with Crippen LogP contribution in [0, 0.1) is 0 Å². The molecule has 0 bridgehead atoms. The maximum atomic E-state index is 11.9. The molecular formula is C14H20N2O7. The average molecular weight is 328 g/mol. The van der Waals surface area contributed by atoms with Crippen LogP contribution in [0.25, 0.3) is 0 Å². The van der Waals surface area contributed by atoms with E-state index in [1.54, 1.807) is 12.1 Å². The maximum absolute atomic E-state index is 11.9. The van der Waals surface area contributed by atoms with Crippen LogP contribution in [0.15, 0.2) is 24.3 Å². The molecular weight excluding hydrogens is 308 g/mol. The van der Waals surface area contributed by atoms with E-state index in [4.69, 9.17) is 21.1 Å². The molecule has 0 radical (unpaired) electrons. The first-order chi connectivity index (χ1) is 10.3. The molecule has 128 valence electrons. The van der Waals surface area contributed by atoms with Crippen LogP contribution in [-0.2, 0) is 20.8 Å². The number of amides is 1. The molecule has 2 unspecified atom stereocenters. The number of carbonyl (C=O) groups is 3. The van der Waals surface area contributed by atoms with Crippen LogP contribution in [-0.4, -0.2) is 50.7 Å². The summed E-state index contributed by atoms with van der Waals surface area (Å²) in [6.07, 6.45) is -0.426. The van der Waals surface area contributed by atoms with Crippen molar-refractivity contribution < 1.29 is 35.2 Å². The second-order valence-corrected chi connectivity index (χ2v) is 4.81. The van der Waals surface area contributed by atoms with Gasteiger partial charge in [0.15, 0.2) is 0 Å². The molecule has 1 rings (SSSR count). The number of carboxylic acids is 2. The van der Waals surface area contributed by atoms with Gasteiger partial charge in [0.05, 0.1) is 6.04 Å². The minimum atomic E-state index is -1.31. The molecule has 9 heteroatoms. The van der Waals surface area contributed by atoms with Gasteiger partial charge in [-0.05, 0) is 30.5 Å². The molecule has 0 saturated carbocycles. The number of phenols is 1. The van der Waals surface area contributed by atoms with Gasteiger partial charge < -0.3 is 31.8 Å². The fourth-order valence-corrected chi connectivity index (χ4v) is 1.78. The SMILES string of the molecule is NC(Cc1ccc(O)cc1)C(=O)NC(CCC(=O)O)C(=O)O.O. The van der Waals surface area contributed by atoms with E-state index in [2.05, 4.69) is 5.32 Å². The summed E-state index contributed by atoms with van der Waals surface area (Å²) >= 11 is 0. The predicted molar refractivity (Wildman–Crippen MR) is 79.8 cm³/mol. The molecule has 0 fully saturated rings. The number of hydrogen-bond acceptors (Lipinski definition) is 5. The molecule has 2 atom stereocenters. The fourth-order valence-electron chi connectivity index (χ4n) is 1.78. The number of nitrogens with one attached hydrogen (secondary N) is 1. The Morgan fingerprint density at radius 1 is 1.13 bits per heavy atom. The lowest BCUT2D eigenvalue weighted by atomic mass is 10.0. The predicted octanol–water partition coefficient (Wildman–Crippen LogP) is -1.13. The molecule has 0 saturated heterocycles. The third-order valence-corrected chi connectivity index (χ3v) is 2.99. The smallest absolute Gasteiger partial charge is 0.326 e. The minimum Gasteiger partial charge on any atom is -0.508 e. The van der Waals surface area contributed by atoms with Crippen molar-refractivity contribution in [3.63, 3.8) is 0 Å². The van der Waals surface area contributed by atoms with Crippen LogP contribution >= 0.6 is 0 Å². The van der Waals surface area contributed by atoms with Gasteiger partial charge >= 0.3 is 11.9 Å². The Labute approximate surface area is 132 Å². The zero-order valence-electron chi connectivity index (χ0n) is 12.2. The zero-order valence-corrected chi connectivity index (χ0v) is 12.2. The summed E-state index contributed by atoms with van der Waals surface area (Å²) in [6.45, 7) is 0. The van der Waals surface area contributed by atoms with Crippen LogP contribution in [0.4, 0.5) is 0 Å². The molecule has 1 aromatic carbocycles. The number of phenolic OH excluding ortho intramolecular Hbond substituents is 1. The largest absolute Gasteiger partial charge is 0.508 e. The Morgan fingerprint density at radius 3 is 2.17 bits per heavy atom. The monoisotopic (exact) mass is 328 g/mol. The summed E-state index contributed by atoms with van der Waals surface area (Å²) in [5.74, 6) is -3.05. The number of hydrogen-bond donors (Lipinski definition) is 5. The molecule has 0 aliphatic rings. The molecule has 0 spiro atoms. The summed E-state index contributed by atoms with van der Waals surface area (Å²) in [4.78, 5) is 33.3. The fraction of sp³-hybridized carbons (Fsp3) is 0.357. The van der Waals surface area contributed by atoms with Crippen molar-refractivity contribution in [3.05, 3.63) is 29.8 Å². The number of aromatic hydroxyl groups is 1. The maximum Gasteiger partial charge on any atom is 0.326 e. The van der Waals surface area contributed by atoms with E-state index in [9.17, 15) is 14.4 Å². The molecule has 23 heavy (non-hydrogen) atoms. The quantitative estimate of drug-likeness (QED) is 0.400. The van der Waals surface area contributed by atoms with Gasteiger partial charge in [-0.2, -0.15) is 0 Å². The number of benzene rings is 1. The van der Waals surface area contributed by atoms with Crippen molar-refractivity contribution in [2.75, 3.05) is 0 Å². The van der Waals surface area contributed by atoms with Crippen molar-refractivity contribution in [2.45, 2.75) is 31.3 Å². The highest BCUT2D eigenvalue weighted by Gasteiger charge is 2.24. The third kappa shape index (κ3) is 7.25. The van der Waals surface area contributed by atoms with Gasteiger partial charge in [-0.3, -0.25) is 9.59 Å². The summed E-state index contributed by atoms with van der Waals surface area (Å²) in [7, 11) is 0. The van der Waals surface area contributed by atoms with Crippen LogP contribution < -0.4 is 11.1 Å². The van der Waals surface area contributed by atoms with Gasteiger partial charge in [-0.15, -0.1) is 0 Å². The first-order valence-corrected chi connectivity index (χ1v) is 6.58. The number of carbonyl (C=O) groups excluding carboxylic acids is 1. The van der Waals surface area contributed by atoms with E-state index >= 15 is 0 Å². The molecule has 1 amide bonds. The van der Waals surface area contributed by atoms with Crippen LogP contribution in [0.5, 0.6) is 5.75 Å². The van der Waals surface area contributed by atoms with Crippen LogP contribution in [0.3, 0.4) is 0 Å². The minimum absolute atomic E-state index is 0. The number of carboxylic acid groups (broad SMARTS) is 2. The first-order valence-electron chi connectivity index (χ1n) is 6.58. The lowest BCUT2D eigenvalue weighted by Gasteiger charge is -2.17. The lowest BCUT2D eigenvalue weighted by Crippen LogP contribution is -2.49. The van der Waals surface area contributed by atoms with E-state index in [1.165, 1.54) is 12.1 Å². The van der Waals surface area contributed by atoms with Crippen molar-refractivity contribution in [2.24, 2.45) is 5.73 Å². The van der Waals surface area contributed by atoms with Gasteiger partial charge in [0.25, 0.3) is 0 Å². The zero-order chi connectivity index (χ0) is 16.7. The summed E-state index contributed by atoms with van der Waals surface area (Å²) in [5, 5.41) is 28.9. The number of nitrogens with two attached hydrogens (primary N) is 1. The molecule has 0 aliphatic carbocycles. The highest BCUT2D eigenvalue weighted by Crippen LogP contribution is 2.11. The van der Waals surface area contributed by atoms with Crippen molar-refractivity contribution in [3.8, 4) is 5.75 Å². The van der Waals surface area contributed by atoms with Gasteiger partial charge in [0.1, 0.15) is 11.8 Å². The third-order valence-electron chi connectivity index (χ3n) is 2.99. The Balaban J connectivity index is 0.00000484. The molecule has 8 N–H and O–H groups in total. The Hall–Kier alpha value is -2.65. The van der Waals surface area contributed by atoms with Crippen molar-refractivity contribution in [1.82, 2.24) is 5.32 Å². The number of aliphatic carboxylic acids is 2. The first kappa shape index (κ1) is 20.3. The lowest BCUT2D eigenvalue weighted by molar-refractivity contribution is -0.143. The molecule has 0 aliphatic heterocycles.